The first-order chi connectivity index (χ1) is 7.72. The van der Waals surface area contributed by atoms with Crippen LogP contribution in [0.3, 0.4) is 0 Å². The standard InChI is InChI=1S/C14H21NO/c1-11-5-6-12(2)13(9-11)14(10-16)15-7-3-4-8-15/h5-6,9,14,16H,3-4,7-8,10H2,1-2H3. The Kier molecular flexibility index (Phi) is 3.62. The third kappa shape index (κ3) is 2.28. The lowest BCUT2D eigenvalue weighted by atomic mass is 9.98. The van der Waals surface area contributed by atoms with Crippen LogP contribution < -0.4 is 0 Å². The van der Waals surface area contributed by atoms with Gasteiger partial charge in [-0.25, -0.2) is 0 Å². The highest BCUT2D eigenvalue weighted by Gasteiger charge is 2.23. The zero-order chi connectivity index (χ0) is 11.5. The van der Waals surface area contributed by atoms with Crippen molar-refractivity contribution in [2.75, 3.05) is 19.7 Å². The lowest BCUT2D eigenvalue weighted by Gasteiger charge is -2.27. The first-order valence-corrected chi connectivity index (χ1v) is 6.14. The molecule has 0 aromatic heterocycles. The van der Waals surface area contributed by atoms with E-state index >= 15 is 0 Å². The minimum atomic E-state index is 0.197. The fraction of sp³-hybridized carbons (Fsp3) is 0.571. The van der Waals surface area contributed by atoms with Gasteiger partial charge in [0.1, 0.15) is 0 Å². The Morgan fingerprint density at radius 3 is 2.56 bits per heavy atom. The van der Waals surface area contributed by atoms with Gasteiger partial charge < -0.3 is 5.11 Å². The molecule has 1 aliphatic heterocycles. The van der Waals surface area contributed by atoms with Crippen molar-refractivity contribution in [1.82, 2.24) is 4.90 Å². The van der Waals surface area contributed by atoms with E-state index in [4.69, 9.17) is 0 Å². The van der Waals surface area contributed by atoms with Gasteiger partial charge in [-0.1, -0.05) is 23.8 Å². The first-order valence-electron chi connectivity index (χ1n) is 6.14. The number of hydrogen-bond acceptors (Lipinski definition) is 2. The molecule has 1 N–H and O–H groups in total. The van der Waals surface area contributed by atoms with Crippen LogP contribution in [-0.4, -0.2) is 29.7 Å². The van der Waals surface area contributed by atoms with Gasteiger partial charge in [0.05, 0.1) is 12.6 Å². The summed E-state index contributed by atoms with van der Waals surface area (Å²) in [4.78, 5) is 2.40. The van der Waals surface area contributed by atoms with Gasteiger partial charge in [0.15, 0.2) is 0 Å². The van der Waals surface area contributed by atoms with Crippen LogP contribution in [0.5, 0.6) is 0 Å². The van der Waals surface area contributed by atoms with Crippen LogP contribution in [0.1, 0.15) is 35.6 Å². The molecule has 0 saturated carbocycles. The van der Waals surface area contributed by atoms with Crippen LogP contribution in [0.4, 0.5) is 0 Å². The summed E-state index contributed by atoms with van der Waals surface area (Å²) in [5.41, 5.74) is 3.86. The van der Waals surface area contributed by atoms with Crippen LogP contribution in [0.25, 0.3) is 0 Å². The minimum Gasteiger partial charge on any atom is -0.394 e. The van der Waals surface area contributed by atoms with E-state index in [-0.39, 0.29) is 12.6 Å². The van der Waals surface area contributed by atoms with E-state index in [1.165, 1.54) is 29.5 Å². The van der Waals surface area contributed by atoms with E-state index < -0.39 is 0 Å². The smallest absolute Gasteiger partial charge is 0.0628 e. The van der Waals surface area contributed by atoms with Crippen LogP contribution in [-0.2, 0) is 0 Å². The maximum Gasteiger partial charge on any atom is 0.0628 e. The van der Waals surface area contributed by atoms with E-state index in [0.29, 0.717) is 0 Å². The van der Waals surface area contributed by atoms with Gasteiger partial charge in [-0.3, -0.25) is 4.90 Å². The summed E-state index contributed by atoms with van der Waals surface area (Å²) < 4.78 is 0. The fourth-order valence-corrected chi connectivity index (χ4v) is 2.58. The van der Waals surface area contributed by atoms with Crippen molar-refractivity contribution >= 4 is 0 Å². The quantitative estimate of drug-likeness (QED) is 0.844. The van der Waals surface area contributed by atoms with Crippen LogP contribution >= 0.6 is 0 Å². The highest BCUT2D eigenvalue weighted by Crippen LogP contribution is 2.27. The third-order valence-corrected chi connectivity index (χ3v) is 3.55. The van der Waals surface area contributed by atoms with Gasteiger partial charge in [0, 0.05) is 0 Å². The minimum absolute atomic E-state index is 0.197. The molecule has 88 valence electrons. The molecule has 0 aliphatic carbocycles. The first kappa shape index (κ1) is 11.6. The molecule has 1 unspecified atom stereocenters. The average molecular weight is 219 g/mol. The summed E-state index contributed by atoms with van der Waals surface area (Å²) in [6.07, 6.45) is 2.53. The molecule has 0 spiro atoms. The van der Waals surface area contributed by atoms with Crippen molar-refractivity contribution in [3.05, 3.63) is 34.9 Å². The fourth-order valence-electron chi connectivity index (χ4n) is 2.58. The zero-order valence-electron chi connectivity index (χ0n) is 10.2. The lowest BCUT2D eigenvalue weighted by Crippen LogP contribution is -2.28. The third-order valence-electron chi connectivity index (χ3n) is 3.55. The summed E-state index contributed by atoms with van der Waals surface area (Å²) in [5, 5.41) is 9.61. The van der Waals surface area contributed by atoms with Crippen molar-refractivity contribution in [3.63, 3.8) is 0 Å². The topological polar surface area (TPSA) is 23.5 Å². The molecular formula is C14H21NO. The molecule has 0 bridgehead atoms. The second kappa shape index (κ2) is 4.98. The maximum atomic E-state index is 9.61. The monoisotopic (exact) mass is 219 g/mol. The summed E-state index contributed by atoms with van der Waals surface area (Å²) in [6, 6.07) is 6.71. The molecule has 2 heteroatoms. The molecule has 0 amide bonds. The van der Waals surface area contributed by atoms with Gasteiger partial charge >= 0.3 is 0 Å². The Morgan fingerprint density at radius 1 is 1.25 bits per heavy atom. The molecule has 1 aliphatic rings. The predicted molar refractivity (Wildman–Crippen MR) is 66.5 cm³/mol. The van der Waals surface area contributed by atoms with Gasteiger partial charge in [0.2, 0.25) is 0 Å². The SMILES string of the molecule is Cc1ccc(C)c(C(CO)N2CCCC2)c1. The second-order valence-corrected chi connectivity index (χ2v) is 4.80. The molecule has 2 rings (SSSR count). The average Bonchev–Trinajstić information content (AvgIpc) is 2.78. The van der Waals surface area contributed by atoms with E-state index in [1.807, 2.05) is 0 Å². The summed E-state index contributed by atoms with van der Waals surface area (Å²) in [6.45, 7) is 6.72. The molecule has 1 atom stereocenters. The number of likely N-dealkylation sites (tertiary alicyclic amines) is 1. The molecular weight excluding hydrogens is 198 g/mol. The highest BCUT2D eigenvalue weighted by molar-refractivity contribution is 5.33. The number of rotatable bonds is 3. The van der Waals surface area contributed by atoms with Gasteiger partial charge in [-0.05, 0) is 50.9 Å². The van der Waals surface area contributed by atoms with Gasteiger partial charge in [-0.15, -0.1) is 0 Å². The van der Waals surface area contributed by atoms with Crippen molar-refractivity contribution in [1.29, 1.82) is 0 Å². The maximum absolute atomic E-state index is 9.61. The number of hydrogen-bond donors (Lipinski definition) is 1. The van der Waals surface area contributed by atoms with Crippen molar-refractivity contribution in [2.45, 2.75) is 32.7 Å². The molecule has 1 heterocycles. The Hall–Kier alpha value is -0.860. The molecule has 1 fully saturated rings. The Bertz CT molecular complexity index is 356. The lowest BCUT2D eigenvalue weighted by molar-refractivity contribution is 0.146. The van der Waals surface area contributed by atoms with Crippen molar-refractivity contribution in [3.8, 4) is 0 Å². The van der Waals surface area contributed by atoms with E-state index in [9.17, 15) is 5.11 Å². The normalized spacial score (nSPS) is 18.9. The molecule has 16 heavy (non-hydrogen) atoms. The molecule has 1 aromatic carbocycles. The number of aryl methyl sites for hydroxylation is 2. The molecule has 2 nitrogen and oxygen atoms in total. The van der Waals surface area contributed by atoms with Crippen LogP contribution in [0, 0.1) is 13.8 Å². The van der Waals surface area contributed by atoms with Crippen molar-refractivity contribution < 1.29 is 5.11 Å². The predicted octanol–water partition coefficient (Wildman–Crippen LogP) is 2.43. The van der Waals surface area contributed by atoms with Crippen molar-refractivity contribution in [2.24, 2.45) is 0 Å². The Balaban J connectivity index is 2.28. The Labute approximate surface area is 97.9 Å². The van der Waals surface area contributed by atoms with Crippen LogP contribution in [0.2, 0.25) is 0 Å². The number of aliphatic hydroxyl groups excluding tert-OH is 1. The summed E-state index contributed by atoms with van der Waals surface area (Å²) in [7, 11) is 0. The number of aliphatic hydroxyl groups is 1. The van der Waals surface area contributed by atoms with E-state index in [2.05, 4.69) is 36.9 Å². The molecule has 1 saturated heterocycles. The largest absolute Gasteiger partial charge is 0.394 e. The number of benzene rings is 1. The highest BCUT2D eigenvalue weighted by atomic mass is 16.3. The summed E-state index contributed by atoms with van der Waals surface area (Å²) in [5.74, 6) is 0. The van der Waals surface area contributed by atoms with E-state index in [1.54, 1.807) is 0 Å². The van der Waals surface area contributed by atoms with Gasteiger partial charge in [-0.2, -0.15) is 0 Å². The zero-order valence-corrected chi connectivity index (χ0v) is 10.2. The molecule has 1 aromatic rings. The molecule has 0 radical (unpaired) electrons. The summed E-state index contributed by atoms with van der Waals surface area (Å²) >= 11 is 0. The van der Waals surface area contributed by atoms with Crippen LogP contribution in [0.15, 0.2) is 18.2 Å². The van der Waals surface area contributed by atoms with E-state index in [0.717, 1.165) is 13.1 Å². The Morgan fingerprint density at radius 2 is 1.94 bits per heavy atom. The number of nitrogens with zero attached hydrogens (tertiary/aromatic N) is 1. The second-order valence-electron chi connectivity index (χ2n) is 4.80. The van der Waals surface area contributed by atoms with Gasteiger partial charge in [0.25, 0.3) is 0 Å².